The molecule has 0 bridgehead atoms. The van der Waals surface area contributed by atoms with Crippen LogP contribution in [0.1, 0.15) is 6.92 Å². The number of ether oxygens (including phenoxy) is 2. The van der Waals surface area contributed by atoms with E-state index in [2.05, 4.69) is 10.1 Å². The molecule has 0 unspecified atom stereocenters. The lowest BCUT2D eigenvalue weighted by Gasteiger charge is -2.07. The van der Waals surface area contributed by atoms with Crippen LogP contribution in [0.4, 0.5) is 8.78 Å². The molecule has 2 aromatic heterocycles. The zero-order valence-corrected chi connectivity index (χ0v) is 13.9. The minimum atomic E-state index is -0.606. The molecule has 0 aliphatic carbocycles. The molecule has 0 amide bonds. The second kappa shape index (κ2) is 7.73. The summed E-state index contributed by atoms with van der Waals surface area (Å²) in [5.41, 5.74) is 0.814. The van der Waals surface area contributed by atoms with Crippen molar-refractivity contribution in [2.45, 2.75) is 6.92 Å². The van der Waals surface area contributed by atoms with E-state index in [1.54, 1.807) is 13.0 Å². The van der Waals surface area contributed by atoms with Crippen LogP contribution < -0.4 is 4.74 Å². The molecule has 0 atom stereocenters. The van der Waals surface area contributed by atoms with Gasteiger partial charge >= 0.3 is 5.97 Å². The van der Waals surface area contributed by atoms with Gasteiger partial charge in [-0.3, -0.25) is 0 Å². The average Bonchev–Trinajstić information content (AvgIpc) is 3.05. The summed E-state index contributed by atoms with van der Waals surface area (Å²) in [6.07, 6.45) is 1.41. The summed E-state index contributed by atoms with van der Waals surface area (Å²) in [5.74, 6) is -1.63. The summed E-state index contributed by atoms with van der Waals surface area (Å²) in [5, 5.41) is 4.14. The molecular weight excluding hydrogens is 344 g/mol. The Balaban J connectivity index is 2.01. The maximum absolute atomic E-state index is 14.2. The van der Waals surface area contributed by atoms with E-state index in [4.69, 9.17) is 9.47 Å². The maximum atomic E-state index is 14.2. The molecular formula is C18H15F2N3O3. The summed E-state index contributed by atoms with van der Waals surface area (Å²) in [6.45, 7) is 1.56. The smallest absolute Gasteiger partial charge is 0.344 e. The predicted molar refractivity (Wildman–Crippen MR) is 88.8 cm³/mol. The lowest BCUT2D eigenvalue weighted by atomic mass is 10.1. The Hall–Kier alpha value is -3.29. The van der Waals surface area contributed by atoms with Gasteiger partial charge in [-0.15, -0.1) is 5.10 Å². The van der Waals surface area contributed by atoms with Gasteiger partial charge in [-0.2, -0.15) is 0 Å². The first kappa shape index (κ1) is 17.5. The molecule has 0 N–H and O–H groups in total. The minimum Gasteiger partial charge on any atom is -0.465 e. The topological polar surface area (TPSA) is 66.2 Å². The number of rotatable bonds is 6. The number of nitrogens with zero attached hydrogens (tertiary/aromatic N) is 3. The first-order chi connectivity index (χ1) is 12.6. The van der Waals surface area contributed by atoms with Crippen LogP contribution in [0.15, 0.2) is 48.7 Å². The number of benzene rings is 1. The van der Waals surface area contributed by atoms with E-state index in [0.29, 0.717) is 11.3 Å². The van der Waals surface area contributed by atoms with E-state index in [9.17, 15) is 13.6 Å². The van der Waals surface area contributed by atoms with Crippen LogP contribution in [-0.2, 0) is 9.53 Å². The number of hydrogen-bond donors (Lipinski definition) is 0. The van der Waals surface area contributed by atoms with E-state index in [0.717, 1.165) is 0 Å². The van der Waals surface area contributed by atoms with Gasteiger partial charge < -0.3 is 9.47 Å². The van der Waals surface area contributed by atoms with Gasteiger partial charge in [0.1, 0.15) is 5.82 Å². The summed E-state index contributed by atoms with van der Waals surface area (Å²) in [4.78, 5) is 15.4. The normalized spacial score (nSPS) is 10.6. The number of pyridine rings is 1. The predicted octanol–water partition coefficient (Wildman–Crippen LogP) is 3.15. The van der Waals surface area contributed by atoms with Crippen molar-refractivity contribution in [3.63, 3.8) is 0 Å². The molecule has 0 spiro atoms. The van der Waals surface area contributed by atoms with Gasteiger partial charge in [0.25, 0.3) is 0 Å². The highest BCUT2D eigenvalue weighted by Crippen LogP contribution is 2.27. The third-order valence-electron chi connectivity index (χ3n) is 3.39. The molecule has 0 radical (unpaired) electrons. The van der Waals surface area contributed by atoms with Crippen LogP contribution >= 0.6 is 0 Å². The molecule has 0 saturated carbocycles. The zero-order chi connectivity index (χ0) is 18.5. The zero-order valence-electron chi connectivity index (χ0n) is 13.9. The van der Waals surface area contributed by atoms with Gasteiger partial charge in [-0.1, -0.05) is 12.1 Å². The molecule has 2 heterocycles. The van der Waals surface area contributed by atoms with E-state index < -0.39 is 17.6 Å². The molecule has 3 aromatic rings. The van der Waals surface area contributed by atoms with E-state index >= 15 is 0 Å². The van der Waals surface area contributed by atoms with Gasteiger partial charge in [0.2, 0.25) is 5.88 Å². The average molecular weight is 359 g/mol. The fraction of sp³-hybridized carbons (Fsp3) is 0.167. The number of halogens is 2. The molecule has 0 saturated heterocycles. The first-order valence-corrected chi connectivity index (χ1v) is 7.84. The van der Waals surface area contributed by atoms with Crippen LogP contribution in [0.25, 0.3) is 17.1 Å². The van der Waals surface area contributed by atoms with Crippen molar-refractivity contribution in [2.24, 2.45) is 0 Å². The highest BCUT2D eigenvalue weighted by atomic mass is 19.1. The Labute approximate surface area is 148 Å². The highest BCUT2D eigenvalue weighted by molar-refractivity contribution is 5.71. The largest absolute Gasteiger partial charge is 0.465 e. The third kappa shape index (κ3) is 3.85. The van der Waals surface area contributed by atoms with Crippen LogP contribution in [0, 0.1) is 11.6 Å². The summed E-state index contributed by atoms with van der Waals surface area (Å²) < 4.78 is 39.0. The fourth-order valence-electron chi connectivity index (χ4n) is 2.31. The van der Waals surface area contributed by atoms with Gasteiger partial charge in [0, 0.05) is 17.8 Å². The van der Waals surface area contributed by atoms with Crippen molar-refractivity contribution < 1.29 is 23.0 Å². The number of carbonyl (C=O) groups is 1. The summed E-state index contributed by atoms with van der Waals surface area (Å²) in [6, 6.07) is 9.90. The molecule has 6 nitrogen and oxygen atoms in total. The van der Waals surface area contributed by atoms with Gasteiger partial charge in [-0.05, 0) is 31.2 Å². The lowest BCUT2D eigenvalue weighted by Crippen LogP contribution is -2.15. The standard InChI is InChI=1S/C18H15F2N3O3/c1-2-25-17(24)11-26-16-10-15(12-5-3-6-13(19)9-12)23(22-16)18-14(20)7-4-8-21-18/h3-10H,2,11H2,1H3. The summed E-state index contributed by atoms with van der Waals surface area (Å²) >= 11 is 0. The fourth-order valence-corrected chi connectivity index (χ4v) is 2.31. The molecule has 8 heteroatoms. The molecule has 1 aromatic carbocycles. The molecule has 3 rings (SSSR count). The van der Waals surface area contributed by atoms with Crippen molar-refractivity contribution in [3.8, 4) is 23.0 Å². The molecule has 134 valence electrons. The summed E-state index contributed by atoms with van der Waals surface area (Å²) in [7, 11) is 0. The SMILES string of the molecule is CCOC(=O)COc1cc(-c2cccc(F)c2)n(-c2ncccc2F)n1. The van der Waals surface area contributed by atoms with Crippen LogP contribution in [0.3, 0.4) is 0 Å². The van der Waals surface area contributed by atoms with Crippen molar-refractivity contribution in [3.05, 3.63) is 60.3 Å². The van der Waals surface area contributed by atoms with E-state index in [1.165, 1.54) is 47.3 Å². The van der Waals surface area contributed by atoms with Gasteiger partial charge in [-0.25, -0.2) is 23.2 Å². The first-order valence-electron chi connectivity index (χ1n) is 7.84. The molecule has 0 aliphatic rings. The monoisotopic (exact) mass is 359 g/mol. The van der Waals surface area contributed by atoms with Crippen LogP contribution in [0.5, 0.6) is 5.88 Å². The van der Waals surface area contributed by atoms with Crippen molar-refractivity contribution in [1.82, 2.24) is 14.8 Å². The number of esters is 1. The lowest BCUT2D eigenvalue weighted by molar-refractivity contribution is -0.145. The Bertz CT molecular complexity index is 928. The van der Waals surface area contributed by atoms with E-state index in [1.807, 2.05) is 0 Å². The Kier molecular flexibility index (Phi) is 5.21. The Morgan fingerprint density at radius 3 is 2.77 bits per heavy atom. The van der Waals surface area contributed by atoms with Crippen molar-refractivity contribution >= 4 is 5.97 Å². The quantitative estimate of drug-likeness (QED) is 0.633. The second-order valence-electron chi connectivity index (χ2n) is 5.19. The molecule has 0 fully saturated rings. The van der Waals surface area contributed by atoms with Crippen LogP contribution in [-0.4, -0.2) is 33.9 Å². The number of carbonyl (C=O) groups excluding carboxylic acids is 1. The van der Waals surface area contributed by atoms with Gasteiger partial charge in [0.05, 0.1) is 12.3 Å². The molecule has 0 aliphatic heterocycles. The minimum absolute atomic E-state index is 0.0577. The second-order valence-corrected chi connectivity index (χ2v) is 5.19. The number of hydrogen-bond acceptors (Lipinski definition) is 5. The van der Waals surface area contributed by atoms with Crippen LogP contribution in [0.2, 0.25) is 0 Å². The highest BCUT2D eigenvalue weighted by Gasteiger charge is 2.17. The van der Waals surface area contributed by atoms with Gasteiger partial charge in [0.15, 0.2) is 18.2 Å². The Morgan fingerprint density at radius 1 is 1.19 bits per heavy atom. The number of aromatic nitrogens is 3. The Morgan fingerprint density at radius 2 is 2.04 bits per heavy atom. The van der Waals surface area contributed by atoms with Crippen molar-refractivity contribution in [2.75, 3.05) is 13.2 Å². The third-order valence-corrected chi connectivity index (χ3v) is 3.39. The molecule has 26 heavy (non-hydrogen) atoms. The van der Waals surface area contributed by atoms with E-state index in [-0.39, 0.29) is 24.9 Å². The van der Waals surface area contributed by atoms with Crippen molar-refractivity contribution in [1.29, 1.82) is 0 Å². The maximum Gasteiger partial charge on any atom is 0.344 e.